The lowest BCUT2D eigenvalue weighted by Gasteiger charge is -2.35. The second kappa shape index (κ2) is 9.03. The van der Waals surface area contributed by atoms with Crippen molar-refractivity contribution in [1.82, 2.24) is 14.4 Å². The molecule has 180 valence electrons. The van der Waals surface area contributed by atoms with Crippen molar-refractivity contribution in [3.63, 3.8) is 0 Å². The van der Waals surface area contributed by atoms with Gasteiger partial charge in [-0.05, 0) is 47.5 Å². The Kier molecular flexibility index (Phi) is 5.58. The number of fused-ring (bicyclic) bond motifs is 2. The zero-order valence-corrected chi connectivity index (χ0v) is 19.6. The van der Waals surface area contributed by atoms with E-state index in [1.54, 1.807) is 13.4 Å². The average Bonchev–Trinajstić information content (AvgIpc) is 3.61. The van der Waals surface area contributed by atoms with Crippen LogP contribution in [0.2, 0.25) is 0 Å². The highest BCUT2D eigenvalue weighted by molar-refractivity contribution is 5.97. The molecule has 8 nitrogen and oxygen atoms in total. The van der Waals surface area contributed by atoms with Gasteiger partial charge in [-0.2, -0.15) is 0 Å². The highest BCUT2D eigenvalue weighted by Gasteiger charge is 2.26. The van der Waals surface area contributed by atoms with Gasteiger partial charge in [-0.25, -0.2) is 0 Å². The van der Waals surface area contributed by atoms with E-state index < -0.39 is 0 Å². The summed E-state index contributed by atoms with van der Waals surface area (Å²) < 4.78 is 24.0. The van der Waals surface area contributed by atoms with Crippen LogP contribution in [0.4, 0.5) is 0 Å². The lowest BCUT2D eigenvalue weighted by Crippen LogP contribution is -2.48. The molecule has 0 spiro atoms. The van der Waals surface area contributed by atoms with Crippen LogP contribution < -0.4 is 14.2 Å². The van der Waals surface area contributed by atoms with Crippen LogP contribution in [0.1, 0.15) is 21.6 Å². The summed E-state index contributed by atoms with van der Waals surface area (Å²) in [4.78, 5) is 17.9. The molecule has 0 radical (unpaired) electrons. The molecule has 1 fully saturated rings. The number of hydrogen-bond acceptors (Lipinski definition) is 6. The van der Waals surface area contributed by atoms with E-state index in [0.717, 1.165) is 47.8 Å². The molecular weight excluding hydrogens is 446 g/mol. The smallest absolute Gasteiger partial charge is 0.270 e. The Hall–Kier alpha value is -3.91. The predicted octanol–water partition coefficient (Wildman–Crippen LogP) is 3.98. The number of aromatic nitrogens is 1. The van der Waals surface area contributed by atoms with Gasteiger partial charge in [0.05, 0.1) is 19.9 Å². The van der Waals surface area contributed by atoms with Gasteiger partial charge in [-0.1, -0.05) is 18.2 Å². The fraction of sp³-hybridized carbons (Fsp3) is 0.296. The maximum absolute atomic E-state index is 13.6. The summed E-state index contributed by atoms with van der Waals surface area (Å²) in [6.45, 7) is 4.60. The Bertz CT molecular complexity index is 1370. The number of benzene rings is 2. The molecule has 2 aromatic heterocycles. The Balaban J connectivity index is 1.16. The minimum absolute atomic E-state index is 0.0297. The summed E-state index contributed by atoms with van der Waals surface area (Å²) in [5.41, 5.74) is 3.58. The van der Waals surface area contributed by atoms with Gasteiger partial charge in [0.15, 0.2) is 11.5 Å². The monoisotopic (exact) mass is 473 g/mol. The van der Waals surface area contributed by atoms with E-state index in [1.165, 1.54) is 5.56 Å². The van der Waals surface area contributed by atoms with Crippen molar-refractivity contribution in [3.05, 3.63) is 77.7 Å². The number of carbonyl (C=O) groups excluding carboxylic acids is 1. The van der Waals surface area contributed by atoms with Crippen molar-refractivity contribution in [2.45, 2.75) is 13.1 Å². The fourth-order valence-electron chi connectivity index (χ4n) is 4.83. The number of hydrogen-bond donors (Lipinski definition) is 0. The number of rotatable bonds is 6. The molecule has 35 heavy (non-hydrogen) atoms. The standard InChI is InChI=1S/C27H27N3O5/c1-32-22-4-2-3-19(13-22)17-30-23(15-21-7-12-33-27(21)30)26(31)29-10-8-28(9-11-29)16-20-5-6-24-25(14-20)35-18-34-24/h2-7,12-15H,8-11,16-18H2,1H3. The molecule has 4 heterocycles. The van der Waals surface area contributed by atoms with Gasteiger partial charge in [0.25, 0.3) is 5.91 Å². The molecular formula is C27H27N3O5. The van der Waals surface area contributed by atoms with Gasteiger partial charge in [0.2, 0.25) is 12.5 Å². The molecule has 0 aliphatic carbocycles. The molecule has 8 heteroatoms. The second-order valence-electron chi connectivity index (χ2n) is 8.90. The van der Waals surface area contributed by atoms with Crippen LogP contribution in [0, 0.1) is 0 Å². The highest BCUT2D eigenvalue weighted by Crippen LogP contribution is 2.33. The van der Waals surface area contributed by atoms with E-state index >= 15 is 0 Å². The highest BCUT2D eigenvalue weighted by atomic mass is 16.7. The molecule has 0 N–H and O–H groups in total. The van der Waals surface area contributed by atoms with E-state index in [-0.39, 0.29) is 12.7 Å². The van der Waals surface area contributed by atoms with Gasteiger partial charge in [-0.15, -0.1) is 0 Å². The second-order valence-corrected chi connectivity index (χ2v) is 8.90. The largest absolute Gasteiger partial charge is 0.497 e. The van der Waals surface area contributed by atoms with Crippen molar-refractivity contribution in [2.24, 2.45) is 0 Å². The third kappa shape index (κ3) is 4.21. The van der Waals surface area contributed by atoms with Gasteiger partial charge >= 0.3 is 0 Å². The van der Waals surface area contributed by atoms with Crippen molar-refractivity contribution >= 4 is 17.0 Å². The number of furan rings is 1. The first-order chi connectivity index (χ1) is 17.2. The van der Waals surface area contributed by atoms with E-state index in [0.29, 0.717) is 31.0 Å². The summed E-state index contributed by atoms with van der Waals surface area (Å²) in [7, 11) is 1.65. The zero-order valence-electron chi connectivity index (χ0n) is 19.6. The summed E-state index contributed by atoms with van der Waals surface area (Å²) in [6, 6.07) is 17.8. The number of ether oxygens (including phenoxy) is 3. The lowest BCUT2D eigenvalue weighted by atomic mass is 10.1. The zero-order chi connectivity index (χ0) is 23.8. The van der Waals surface area contributed by atoms with Gasteiger partial charge < -0.3 is 28.1 Å². The summed E-state index contributed by atoms with van der Waals surface area (Å²) >= 11 is 0. The van der Waals surface area contributed by atoms with Crippen molar-refractivity contribution in [3.8, 4) is 17.2 Å². The SMILES string of the molecule is COc1cccc(Cn2c(C(=O)N3CCN(Cc4ccc5c(c4)OCO5)CC3)cc3ccoc32)c1. The third-order valence-electron chi connectivity index (χ3n) is 6.70. The first kappa shape index (κ1) is 21.6. The minimum atomic E-state index is 0.0297. The van der Waals surface area contributed by atoms with Crippen molar-refractivity contribution < 1.29 is 23.4 Å². The lowest BCUT2D eigenvalue weighted by molar-refractivity contribution is 0.0618. The van der Waals surface area contributed by atoms with Crippen molar-refractivity contribution in [2.75, 3.05) is 40.1 Å². The maximum atomic E-state index is 13.6. The Morgan fingerprint density at radius 1 is 0.914 bits per heavy atom. The summed E-state index contributed by atoms with van der Waals surface area (Å²) in [6.07, 6.45) is 1.66. The number of carbonyl (C=O) groups is 1. The molecule has 2 aliphatic rings. The molecule has 2 aliphatic heterocycles. The van der Waals surface area contributed by atoms with Crippen LogP contribution >= 0.6 is 0 Å². The van der Waals surface area contributed by atoms with E-state index in [2.05, 4.69) is 11.0 Å². The molecule has 0 bridgehead atoms. The molecule has 0 atom stereocenters. The Morgan fingerprint density at radius 2 is 1.74 bits per heavy atom. The Labute approximate surface area is 203 Å². The van der Waals surface area contributed by atoms with Crippen molar-refractivity contribution in [1.29, 1.82) is 0 Å². The van der Waals surface area contributed by atoms with Crippen LogP contribution in [0.25, 0.3) is 11.1 Å². The first-order valence-electron chi connectivity index (χ1n) is 11.8. The number of amides is 1. The van der Waals surface area contributed by atoms with E-state index in [9.17, 15) is 4.79 Å². The molecule has 1 amide bonds. The van der Waals surface area contributed by atoms with Crippen LogP contribution in [-0.2, 0) is 13.1 Å². The van der Waals surface area contributed by atoms with E-state index in [1.807, 2.05) is 58.0 Å². The number of methoxy groups -OCH3 is 1. The minimum Gasteiger partial charge on any atom is -0.497 e. The van der Waals surface area contributed by atoms with Crippen LogP contribution in [0.5, 0.6) is 17.2 Å². The molecule has 6 rings (SSSR count). The van der Waals surface area contributed by atoms with Crippen LogP contribution in [0.15, 0.2) is 65.3 Å². The molecule has 2 aromatic carbocycles. The topological polar surface area (TPSA) is 69.3 Å². The Morgan fingerprint density at radius 3 is 2.60 bits per heavy atom. The summed E-state index contributed by atoms with van der Waals surface area (Å²) in [5.74, 6) is 2.42. The molecule has 1 saturated heterocycles. The van der Waals surface area contributed by atoms with Gasteiger partial charge in [0.1, 0.15) is 11.4 Å². The molecule has 0 unspecified atom stereocenters. The number of nitrogens with zero attached hydrogens (tertiary/aromatic N) is 3. The number of piperazine rings is 1. The van der Waals surface area contributed by atoms with Crippen LogP contribution in [0.3, 0.4) is 0 Å². The third-order valence-corrected chi connectivity index (χ3v) is 6.70. The average molecular weight is 474 g/mol. The normalized spacial score (nSPS) is 15.6. The predicted molar refractivity (Wildman–Crippen MR) is 130 cm³/mol. The quantitative estimate of drug-likeness (QED) is 0.422. The van der Waals surface area contributed by atoms with Gasteiger partial charge in [-0.3, -0.25) is 9.69 Å². The first-order valence-corrected chi connectivity index (χ1v) is 11.8. The van der Waals surface area contributed by atoms with Crippen LogP contribution in [-0.4, -0.2) is 60.4 Å². The molecule has 0 saturated carbocycles. The summed E-state index contributed by atoms with van der Waals surface area (Å²) in [5, 5.41) is 0.928. The molecule has 4 aromatic rings. The fourth-order valence-corrected chi connectivity index (χ4v) is 4.83. The van der Waals surface area contributed by atoms with Gasteiger partial charge in [0, 0.05) is 38.1 Å². The van der Waals surface area contributed by atoms with E-state index in [4.69, 9.17) is 18.6 Å². The maximum Gasteiger partial charge on any atom is 0.270 e.